The molecule has 1 unspecified atom stereocenters. The summed E-state index contributed by atoms with van der Waals surface area (Å²) >= 11 is 0. The van der Waals surface area contributed by atoms with Crippen molar-refractivity contribution in [2.24, 2.45) is 0 Å². The fourth-order valence-electron chi connectivity index (χ4n) is 2.77. The zero-order valence-corrected chi connectivity index (χ0v) is 12.6. The molecule has 0 saturated carbocycles. The van der Waals surface area contributed by atoms with Gasteiger partial charge in [-0.15, -0.1) is 0 Å². The first-order valence-electron chi connectivity index (χ1n) is 7.37. The third kappa shape index (κ3) is 4.28. The van der Waals surface area contributed by atoms with Crippen molar-refractivity contribution >= 4 is 0 Å². The van der Waals surface area contributed by atoms with Gasteiger partial charge in [-0.1, -0.05) is 24.3 Å². The third-order valence-corrected chi connectivity index (χ3v) is 3.86. The van der Waals surface area contributed by atoms with Gasteiger partial charge in [0, 0.05) is 32.8 Å². The van der Waals surface area contributed by atoms with E-state index in [1.807, 2.05) is 7.05 Å². The Balaban J connectivity index is 1.88. The molecule has 0 radical (unpaired) electrons. The van der Waals surface area contributed by atoms with Crippen LogP contribution in [0.3, 0.4) is 0 Å². The maximum Gasteiger partial charge on any atom is 0.0700 e. The van der Waals surface area contributed by atoms with E-state index >= 15 is 0 Å². The molecule has 1 aliphatic rings. The molecule has 0 amide bonds. The van der Waals surface area contributed by atoms with Crippen molar-refractivity contribution < 1.29 is 9.47 Å². The van der Waals surface area contributed by atoms with E-state index in [0.717, 1.165) is 32.7 Å². The predicted molar refractivity (Wildman–Crippen MR) is 81.0 cm³/mol. The van der Waals surface area contributed by atoms with Crippen molar-refractivity contribution in [1.29, 1.82) is 0 Å². The summed E-state index contributed by atoms with van der Waals surface area (Å²) in [6.45, 7) is 5.14. The number of hydrogen-bond acceptors (Lipinski definition) is 4. The lowest BCUT2D eigenvalue weighted by atomic mass is 9.94. The van der Waals surface area contributed by atoms with Crippen LogP contribution in [0.25, 0.3) is 0 Å². The Bertz CT molecular complexity index is 398. The van der Waals surface area contributed by atoms with E-state index in [2.05, 4.69) is 34.5 Å². The summed E-state index contributed by atoms with van der Waals surface area (Å²) in [7, 11) is 3.72. The van der Waals surface area contributed by atoms with Crippen LogP contribution in [-0.4, -0.2) is 58.0 Å². The second-order valence-electron chi connectivity index (χ2n) is 5.26. The average molecular weight is 278 g/mol. The minimum atomic E-state index is 0.556. The molecular formula is C16H26N2O2. The SMILES string of the molecule is CNCC1Cc2ccccc2CN1CCOCCOC. The van der Waals surface area contributed by atoms with Gasteiger partial charge in [0.05, 0.1) is 19.8 Å². The van der Waals surface area contributed by atoms with Crippen molar-refractivity contribution in [3.8, 4) is 0 Å². The molecule has 0 spiro atoms. The molecular weight excluding hydrogens is 252 g/mol. The van der Waals surface area contributed by atoms with E-state index in [0.29, 0.717) is 19.3 Å². The normalized spacial score (nSPS) is 19.0. The molecule has 0 aliphatic carbocycles. The van der Waals surface area contributed by atoms with Gasteiger partial charge in [0.2, 0.25) is 0 Å². The highest BCUT2D eigenvalue weighted by atomic mass is 16.5. The molecule has 20 heavy (non-hydrogen) atoms. The first-order valence-corrected chi connectivity index (χ1v) is 7.37. The Kier molecular flexibility index (Phi) is 6.47. The molecule has 4 heteroatoms. The van der Waals surface area contributed by atoms with Crippen LogP contribution in [0.1, 0.15) is 11.1 Å². The van der Waals surface area contributed by atoms with E-state index in [1.54, 1.807) is 7.11 Å². The van der Waals surface area contributed by atoms with E-state index in [4.69, 9.17) is 9.47 Å². The van der Waals surface area contributed by atoms with Gasteiger partial charge in [0.15, 0.2) is 0 Å². The Morgan fingerprint density at radius 2 is 2.00 bits per heavy atom. The van der Waals surface area contributed by atoms with Gasteiger partial charge in [-0.25, -0.2) is 0 Å². The van der Waals surface area contributed by atoms with Crippen LogP contribution in [0, 0.1) is 0 Å². The number of hydrogen-bond donors (Lipinski definition) is 1. The number of methoxy groups -OCH3 is 1. The highest BCUT2D eigenvalue weighted by Gasteiger charge is 2.24. The van der Waals surface area contributed by atoms with E-state index < -0.39 is 0 Å². The molecule has 1 aromatic rings. The zero-order valence-electron chi connectivity index (χ0n) is 12.6. The van der Waals surface area contributed by atoms with E-state index in [-0.39, 0.29) is 0 Å². The molecule has 2 rings (SSSR count). The molecule has 1 atom stereocenters. The Labute approximate surface area is 122 Å². The summed E-state index contributed by atoms with van der Waals surface area (Å²) < 4.78 is 10.6. The molecule has 1 N–H and O–H groups in total. The van der Waals surface area contributed by atoms with Crippen molar-refractivity contribution in [3.63, 3.8) is 0 Å². The Morgan fingerprint density at radius 1 is 1.20 bits per heavy atom. The van der Waals surface area contributed by atoms with Gasteiger partial charge in [0.1, 0.15) is 0 Å². The summed E-state index contributed by atoms with van der Waals surface area (Å²) in [5.74, 6) is 0. The van der Waals surface area contributed by atoms with Crippen LogP contribution < -0.4 is 5.32 Å². The standard InChI is InChI=1S/C16H26N2O2/c1-17-12-16-11-14-5-3-4-6-15(14)13-18(16)7-8-20-10-9-19-2/h3-6,16-17H,7-13H2,1-2H3. The summed E-state index contributed by atoms with van der Waals surface area (Å²) in [6, 6.07) is 9.32. The number of ether oxygens (including phenoxy) is 2. The molecule has 112 valence electrons. The van der Waals surface area contributed by atoms with Crippen molar-refractivity contribution in [1.82, 2.24) is 10.2 Å². The predicted octanol–water partition coefficient (Wildman–Crippen LogP) is 1.30. The van der Waals surface area contributed by atoms with E-state index in [9.17, 15) is 0 Å². The molecule has 0 saturated heterocycles. The molecule has 0 bridgehead atoms. The largest absolute Gasteiger partial charge is 0.382 e. The fourth-order valence-corrected chi connectivity index (χ4v) is 2.77. The highest BCUT2D eigenvalue weighted by molar-refractivity contribution is 5.30. The van der Waals surface area contributed by atoms with Gasteiger partial charge in [-0.05, 0) is 24.6 Å². The van der Waals surface area contributed by atoms with Crippen LogP contribution in [0.4, 0.5) is 0 Å². The summed E-state index contributed by atoms with van der Waals surface area (Å²) in [5, 5.41) is 3.31. The quantitative estimate of drug-likeness (QED) is 0.727. The smallest absolute Gasteiger partial charge is 0.0700 e. The highest BCUT2D eigenvalue weighted by Crippen LogP contribution is 2.22. The molecule has 1 heterocycles. The number of nitrogens with zero attached hydrogens (tertiary/aromatic N) is 1. The topological polar surface area (TPSA) is 33.7 Å². The Hall–Kier alpha value is -0.940. The number of likely N-dealkylation sites (N-methyl/N-ethyl adjacent to an activating group) is 1. The molecule has 0 aromatic heterocycles. The zero-order chi connectivity index (χ0) is 14.2. The minimum Gasteiger partial charge on any atom is -0.382 e. The summed E-state index contributed by atoms with van der Waals surface area (Å²) in [4.78, 5) is 2.52. The van der Waals surface area contributed by atoms with Crippen LogP contribution in [0.15, 0.2) is 24.3 Å². The summed E-state index contributed by atoms with van der Waals surface area (Å²) in [5.41, 5.74) is 2.95. The molecule has 4 nitrogen and oxygen atoms in total. The second-order valence-corrected chi connectivity index (χ2v) is 5.26. The third-order valence-electron chi connectivity index (χ3n) is 3.86. The summed E-state index contributed by atoms with van der Waals surface area (Å²) in [6.07, 6.45) is 1.12. The Morgan fingerprint density at radius 3 is 2.75 bits per heavy atom. The van der Waals surface area contributed by atoms with E-state index in [1.165, 1.54) is 11.1 Å². The van der Waals surface area contributed by atoms with Crippen molar-refractivity contribution in [2.75, 3.05) is 47.1 Å². The first-order chi connectivity index (χ1) is 9.85. The average Bonchev–Trinajstić information content (AvgIpc) is 2.47. The number of nitrogens with one attached hydrogen (secondary N) is 1. The molecule has 1 aromatic carbocycles. The maximum absolute atomic E-state index is 5.60. The van der Waals surface area contributed by atoms with Crippen LogP contribution in [0.5, 0.6) is 0 Å². The van der Waals surface area contributed by atoms with Crippen molar-refractivity contribution in [3.05, 3.63) is 35.4 Å². The first kappa shape index (κ1) is 15.4. The molecule has 1 aliphatic heterocycles. The lowest BCUT2D eigenvalue weighted by molar-refractivity contribution is 0.0453. The van der Waals surface area contributed by atoms with Gasteiger partial charge < -0.3 is 14.8 Å². The number of rotatable bonds is 8. The van der Waals surface area contributed by atoms with Gasteiger partial charge in [-0.2, -0.15) is 0 Å². The van der Waals surface area contributed by atoms with Gasteiger partial charge >= 0.3 is 0 Å². The van der Waals surface area contributed by atoms with Crippen LogP contribution in [-0.2, 0) is 22.4 Å². The maximum atomic E-state index is 5.60. The fraction of sp³-hybridized carbons (Fsp3) is 0.625. The number of fused-ring (bicyclic) bond motifs is 1. The number of benzene rings is 1. The monoisotopic (exact) mass is 278 g/mol. The minimum absolute atomic E-state index is 0.556. The lowest BCUT2D eigenvalue weighted by Crippen LogP contribution is -2.47. The van der Waals surface area contributed by atoms with Crippen LogP contribution in [0.2, 0.25) is 0 Å². The lowest BCUT2D eigenvalue weighted by Gasteiger charge is -2.36. The van der Waals surface area contributed by atoms with Gasteiger partial charge in [-0.3, -0.25) is 4.90 Å². The second kappa shape index (κ2) is 8.37. The van der Waals surface area contributed by atoms with Gasteiger partial charge in [0.25, 0.3) is 0 Å². The van der Waals surface area contributed by atoms with Crippen LogP contribution >= 0.6 is 0 Å². The molecule has 0 fully saturated rings. The van der Waals surface area contributed by atoms with Crippen molar-refractivity contribution in [2.45, 2.75) is 19.0 Å².